The van der Waals surface area contributed by atoms with Gasteiger partial charge in [0.1, 0.15) is 12.4 Å². The molecule has 1 saturated heterocycles. The molecule has 8 nitrogen and oxygen atoms in total. The van der Waals surface area contributed by atoms with Crippen LogP contribution in [-0.2, 0) is 21.3 Å². The molecule has 0 spiro atoms. The van der Waals surface area contributed by atoms with E-state index in [-0.39, 0.29) is 5.75 Å². The van der Waals surface area contributed by atoms with Gasteiger partial charge in [-0.3, -0.25) is 4.99 Å². The second kappa shape index (κ2) is 11.2. The molecule has 2 N–H and O–H groups in total. The summed E-state index contributed by atoms with van der Waals surface area (Å²) < 4.78 is 36.4. The number of rotatable bonds is 10. The molecule has 158 valence electrons. The molecule has 0 amide bonds. The van der Waals surface area contributed by atoms with Crippen LogP contribution in [0.4, 0.5) is 0 Å². The van der Waals surface area contributed by atoms with E-state index in [1.807, 2.05) is 32.0 Å². The van der Waals surface area contributed by atoms with Gasteiger partial charge in [-0.15, -0.1) is 0 Å². The number of aliphatic imine (C=N–C) groups is 1. The number of hydrogen-bond donors (Lipinski definition) is 2. The Morgan fingerprint density at radius 3 is 2.79 bits per heavy atom. The molecule has 1 aliphatic heterocycles. The van der Waals surface area contributed by atoms with Crippen molar-refractivity contribution in [1.82, 2.24) is 14.9 Å². The molecule has 0 saturated carbocycles. The lowest BCUT2D eigenvalue weighted by Crippen LogP contribution is -2.41. The number of hydrogen-bond acceptors (Lipinski definition) is 5. The molecule has 1 heterocycles. The van der Waals surface area contributed by atoms with Crippen LogP contribution < -0.4 is 15.4 Å². The first kappa shape index (κ1) is 22.4. The Balaban J connectivity index is 1.83. The van der Waals surface area contributed by atoms with Crippen molar-refractivity contribution >= 4 is 16.0 Å². The van der Waals surface area contributed by atoms with E-state index in [4.69, 9.17) is 9.47 Å². The van der Waals surface area contributed by atoms with E-state index >= 15 is 0 Å². The van der Waals surface area contributed by atoms with Crippen molar-refractivity contribution in [1.29, 1.82) is 0 Å². The minimum absolute atomic E-state index is 0.249. The molecule has 0 aromatic heterocycles. The van der Waals surface area contributed by atoms with Gasteiger partial charge >= 0.3 is 0 Å². The molecule has 1 aliphatic rings. The second-order valence-corrected chi connectivity index (χ2v) is 8.67. The van der Waals surface area contributed by atoms with Crippen molar-refractivity contribution in [2.24, 2.45) is 4.99 Å². The number of nitrogens with zero attached hydrogens (tertiary/aromatic N) is 2. The van der Waals surface area contributed by atoms with E-state index < -0.39 is 10.0 Å². The summed E-state index contributed by atoms with van der Waals surface area (Å²) in [4.78, 5) is 4.20. The van der Waals surface area contributed by atoms with Crippen LogP contribution in [0.5, 0.6) is 5.75 Å². The quantitative estimate of drug-likeness (QED) is 0.340. The van der Waals surface area contributed by atoms with Crippen LogP contribution in [0.15, 0.2) is 23.2 Å². The topological polar surface area (TPSA) is 92.3 Å². The number of ether oxygens (including phenoxy) is 2. The normalized spacial score (nSPS) is 16.9. The zero-order valence-electron chi connectivity index (χ0n) is 17.0. The zero-order chi connectivity index (χ0) is 20.4. The van der Waals surface area contributed by atoms with Gasteiger partial charge in [0.05, 0.1) is 12.4 Å². The molecule has 1 aromatic carbocycles. The predicted octanol–water partition coefficient (Wildman–Crippen LogP) is 1.11. The molecule has 28 heavy (non-hydrogen) atoms. The van der Waals surface area contributed by atoms with E-state index in [9.17, 15) is 8.42 Å². The first-order chi connectivity index (χ1) is 13.5. The highest BCUT2D eigenvalue weighted by Crippen LogP contribution is 2.20. The van der Waals surface area contributed by atoms with Gasteiger partial charge < -0.3 is 20.1 Å². The molecule has 0 unspecified atom stereocenters. The highest BCUT2D eigenvalue weighted by molar-refractivity contribution is 7.89. The minimum Gasteiger partial charge on any atom is -0.491 e. The average molecular weight is 413 g/mol. The van der Waals surface area contributed by atoms with Gasteiger partial charge in [-0.2, -0.15) is 0 Å². The van der Waals surface area contributed by atoms with Crippen LogP contribution in [0.3, 0.4) is 0 Å². The van der Waals surface area contributed by atoms with Crippen LogP contribution in [-0.4, -0.2) is 70.9 Å². The summed E-state index contributed by atoms with van der Waals surface area (Å²) in [5.41, 5.74) is 2.15. The SMILES string of the molecule is CCOCCOc1cc(C)ccc1CNC(=NC)NCCN1CCCS1(=O)=O. The van der Waals surface area contributed by atoms with Gasteiger partial charge in [-0.05, 0) is 31.9 Å². The van der Waals surface area contributed by atoms with E-state index in [0.717, 1.165) is 16.9 Å². The summed E-state index contributed by atoms with van der Waals surface area (Å²) in [6, 6.07) is 6.08. The third-order valence-corrected chi connectivity index (χ3v) is 6.40. The lowest BCUT2D eigenvalue weighted by atomic mass is 10.1. The van der Waals surface area contributed by atoms with Crippen LogP contribution in [0, 0.1) is 6.92 Å². The summed E-state index contributed by atoms with van der Waals surface area (Å²) >= 11 is 0. The van der Waals surface area contributed by atoms with Crippen LogP contribution >= 0.6 is 0 Å². The second-order valence-electron chi connectivity index (χ2n) is 6.58. The summed E-state index contributed by atoms with van der Waals surface area (Å²) in [6.45, 7) is 7.81. The highest BCUT2D eigenvalue weighted by atomic mass is 32.2. The highest BCUT2D eigenvalue weighted by Gasteiger charge is 2.27. The maximum atomic E-state index is 11.8. The molecule has 9 heteroatoms. The van der Waals surface area contributed by atoms with Crippen molar-refractivity contribution in [2.75, 3.05) is 52.3 Å². The number of guanidine groups is 1. The Morgan fingerprint density at radius 1 is 1.29 bits per heavy atom. The van der Waals surface area contributed by atoms with Crippen molar-refractivity contribution in [3.63, 3.8) is 0 Å². The smallest absolute Gasteiger partial charge is 0.214 e. The molecule has 2 rings (SSSR count). The van der Waals surface area contributed by atoms with Crippen LogP contribution in [0.25, 0.3) is 0 Å². The van der Waals surface area contributed by atoms with Crippen molar-refractivity contribution in [2.45, 2.75) is 26.8 Å². The lowest BCUT2D eigenvalue weighted by Gasteiger charge is -2.17. The number of benzene rings is 1. The monoisotopic (exact) mass is 412 g/mol. The Kier molecular flexibility index (Phi) is 9.01. The Labute approximate surface area is 168 Å². The molecular formula is C19H32N4O4S. The molecular weight excluding hydrogens is 380 g/mol. The molecule has 0 radical (unpaired) electrons. The maximum absolute atomic E-state index is 11.8. The summed E-state index contributed by atoms with van der Waals surface area (Å²) in [7, 11) is -1.37. The predicted molar refractivity (Wildman–Crippen MR) is 111 cm³/mol. The molecule has 0 aliphatic carbocycles. The molecule has 1 fully saturated rings. The third-order valence-electron chi connectivity index (χ3n) is 4.44. The Hall–Kier alpha value is -1.84. The fourth-order valence-electron chi connectivity index (χ4n) is 2.94. The largest absolute Gasteiger partial charge is 0.491 e. The Morgan fingerprint density at radius 2 is 2.11 bits per heavy atom. The first-order valence-electron chi connectivity index (χ1n) is 9.68. The number of sulfonamides is 1. The van der Waals surface area contributed by atoms with E-state index in [0.29, 0.717) is 58.4 Å². The molecule has 0 atom stereocenters. The zero-order valence-corrected chi connectivity index (χ0v) is 17.8. The van der Waals surface area contributed by atoms with Crippen LogP contribution in [0.1, 0.15) is 24.5 Å². The average Bonchev–Trinajstić information content (AvgIpc) is 3.01. The van der Waals surface area contributed by atoms with Gasteiger partial charge in [-0.1, -0.05) is 12.1 Å². The van der Waals surface area contributed by atoms with Gasteiger partial charge in [0, 0.05) is 45.4 Å². The summed E-state index contributed by atoms with van der Waals surface area (Å²) in [5, 5.41) is 6.42. The Bertz CT molecular complexity index is 752. The third kappa shape index (κ3) is 6.96. The minimum atomic E-state index is -3.06. The van der Waals surface area contributed by atoms with Crippen molar-refractivity contribution in [3.8, 4) is 5.75 Å². The van der Waals surface area contributed by atoms with Gasteiger partial charge in [-0.25, -0.2) is 12.7 Å². The van der Waals surface area contributed by atoms with E-state index in [1.165, 1.54) is 4.31 Å². The summed E-state index contributed by atoms with van der Waals surface area (Å²) in [5.74, 6) is 1.70. The fourth-order valence-corrected chi connectivity index (χ4v) is 4.47. The maximum Gasteiger partial charge on any atom is 0.214 e. The van der Waals surface area contributed by atoms with Gasteiger partial charge in [0.25, 0.3) is 0 Å². The molecule has 1 aromatic rings. The summed E-state index contributed by atoms with van der Waals surface area (Å²) in [6.07, 6.45) is 0.703. The number of nitrogens with one attached hydrogen (secondary N) is 2. The van der Waals surface area contributed by atoms with E-state index in [1.54, 1.807) is 7.05 Å². The fraction of sp³-hybridized carbons (Fsp3) is 0.632. The van der Waals surface area contributed by atoms with Gasteiger partial charge in [0.15, 0.2) is 5.96 Å². The van der Waals surface area contributed by atoms with Crippen molar-refractivity contribution in [3.05, 3.63) is 29.3 Å². The van der Waals surface area contributed by atoms with E-state index in [2.05, 4.69) is 15.6 Å². The standard InChI is InChI=1S/C19H32N4O4S/c1-4-26-11-12-27-18-14-16(2)6-7-17(18)15-22-19(20-3)21-8-10-23-9-5-13-28(23,24)25/h6-7,14H,4-5,8-13,15H2,1-3H3,(H2,20,21,22). The van der Waals surface area contributed by atoms with Gasteiger partial charge in [0.2, 0.25) is 10.0 Å². The van der Waals surface area contributed by atoms with Crippen molar-refractivity contribution < 1.29 is 17.9 Å². The number of aryl methyl sites for hydroxylation is 1. The molecule has 0 bridgehead atoms. The lowest BCUT2D eigenvalue weighted by molar-refractivity contribution is 0.110. The first-order valence-corrected chi connectivity index (χ1v) is 11.3. The van der Waals surface area contributed by atoms with Crippen LogP contribution in [0.2, 0.25) is 0 Å².